The molecule has 0 aromatic heterocycles. The molecule has 0 bridgehead atoms. The van der Waals surface area contributed by atoms with Crippen molar-refractivity contribution < 1.29 is 19.2 Å². The number of carbonyl (C=O) groups is 2. The first-order valence-electron chi connectivity index (χ1n) is 9.47. The number of nitro benzene ring substituents is 1. The number of non-ortho nitro benzene ring substituents is 1. The van der Waals surface area contributed by atoms with Crippen LogP contribution in [0.25, 0.3) is 6.08 Å². The van der Waals surface area contributed by atoms with Crippen molar-refractivity contribution in [1.29, 1.82) is 0 Å². The zero-order chi connectivity index (χ0) is 22.2. The van der Waals surface area contributed by atoms with Crippen molar-refractivity contribution in [2.45, 2.75) is 13.5 Å². The van der Waals surface area contributed by atoms with Gasteiger partial charge in [0.25, 0.3) is 11.6 Å². The zero-order valence-electron chi connectivity index (χ0n) is 16.8. The van der Waals surface area contributed by atoms with Gasteiger partial charge in [0, 0.05) is 17.7 Å². The van der Waals surface area contributed by atoms with E-state index in [0.717, 1.165) is 11.1 Å². The van der Waals surface area contributed by atoms with Crippen molar-refractivity contribution >= 4 is 23.6 Å². The number of hydrogen-bond acceptors (Lipinski definition) is 5. The molecule has 0 saturated heterocycles. The van der Waals surface area contributed by atoms with Gasteiger partial charge in [0.05, 0.1) is 4.92 Å². The molecule has 3 rings (SSSR count). The van der Waals surface area contributed by atoms with Crippen LogP contribution >= 0.6 is 0 Å². The average Bonchev–Trinajstić information content (AvgIpc) is 2.78. The molecular weight excluding hydrogens is 396 g/mol. The number of esters is 1. The highest BCUT2D eigenvalue weighted by atomic mass is 16.6. The molecule has 7 heteroatoms. The second-order valence-electron chi connectivity index (χ2n) is 6.79. The normalized spacial score (nSPS) is 10.9. The minimum atomic E-state index is -0.754. The summed E-state index contributed by atoms with van der Waals surface area (Å²) in [6, 6.07) is 21.7. The third-order valence-corrected chi connectivity index (χ3v) is 4.39. The molecule has 0 atom stereocenters. The Balaban J connectivity index is 1.86. The number of benzene rings is 3. The molecule has 0 aliphatic rings. The van der Waals surface area contributed by atoms with Crippen molar-refractivity contribution in [2.75, 3.05) is 0 Å². The summed E-state index contributed by atoms with van der Waals surface area (Å²) in [7, 11) is 0. The van der Waals surface area contributed by atoms with E-state index in [9.17, 15) is 19.7 Å². The molecule has 7 nitrogen and oxygen atoms in total. The Morgan fingerprint density at radius 2 is 1.71 bits per heavy atom. The van der Waals surface area contributed by atoms with Gasteiger partial charge < -0.3 is 10.1 Å². The molecule has 3 aromatic carbocycles. The lowest BCUT2D eigenvalue weighted by atomic mass is 10.1. The van der Waals surface area contributed by atoms with Crippen LogP contribution in [-0.4, -0.2) is 16.8 Å². The van der Waals surface area contributed by atoms with Crippen LogP contribution in [0.5, 0.6) is 0 Å². The largest absolute Gasteiger partial charge is 0.456 e. The van der Waals surface area contributed by atoms with Crippen molar-refractivity contribution in [1.82, 2.24) is 5.32 Å². The summed E-state index contributed by atoms with van der Waals surface area (Å²) in [6.45, 7) is 1.92. The first kappa shape index (κ1) is 21.4. The van der Waals surface area contributed by atoms with Gasteiger partial charge in [-0.1, -0.05) is 60.2 Å². The maximum Gasteiger partial charge on any atom is 0.355 e. The molecule has 0 spiro atoms. The number of ether oxygens (including phenoxy) is 1. The van der Waals surface area contributed by atoms with E-state index in [2.05, 4.69) is 5.32 Å². The Morgan fingerprint density at radius 3 is 2.39 bits per heavy atom. The topological polar surface area (TPSA) is 98.5 Å². The fourth-order valence-electron chi connectivity index (χ4n) is 2.74. The Bertz CT molecular complexity index is 1120. The van der Waals surface area contributed by atoms with Gasteiger partial charge in [0.1, 0.15) is 12.3 Å². The lowest BCUT2D eigenvalue weighted by molar-refractivity contribution is -0.384. The summed E-state index contributed by atoms with van der Waals surface area (Å²) in [6.07, 6.45) is 1.35. The smallest absolute Gasteiger partial charge is 0.355 e. The van der Waals surface area contributed by atoms with Crippen LogP contribution in [0, 0.1) is 17.0 Å². The number of amides is 1. The summed E-state index contributed by atoms with van der Waals surface area (Å²) in [5, 5.41) is 13.6. The first-order valence-corrected chi connectivity index (χ1v) is 9.47. The number of nitrogens with one attached hydrogen (secondary N) is 1. The molecule has 156 valence electrons. The number of hydrogen-bond donors (Lipinski definition) is 1. The average molecular weight is 416 g/mol. The summed E-state index contributed by atoms with van der Waals surface area (Å²) < 4.78 is 5.34. The highest BCUT2D eigenvalue weighted by Gasteiger charge is 2.17. The highest BCUT2D eigenvalue weighted by Crippen LogP contribution is 2.16. The summed E-state index contributed by atoms with van der Waals surface area (Å²) >= 11 is 0. The van der Waals surface area contributed by atoms with Gasteiger partial charge in [-0.2, -0.15) is 0 Å². The third kappa shape index (κ3) is 6.11. The van der Waals surface area contributed by atoms with Gasteiger partial charge in [-0.25, -0.2) is 4.79 Å². The van der Waals surface area contributed by atoms with Crippen molar-refractivity contribution in [3.63, 3.8) is 0 Å². The maximum absolute atomic E-state index is 12.7. The maximum atomic E-state index is 12.7. The number of nitrogens with zero attached hydrogens (tertiary/aromatic N) is 1. The van der Waals surface area contributed by atoms with Gasteiger partial charge in [-0.05, 0) is 36.3 Å². The highest BCUT2D eigenvalue weighted by molar-refractivity contribution is 6.03. The van der Waals surface area contributed by atoms with Crippen LogP contribution in [0.15, 0.2) is 84.6 Å². The van der Waals surface area contributed by atoms with Crippen LogP contribution in [0.1, 0.15) is 27.0 Å². The Morgan fingerprint density at radius 1 is 1.00 bits per heavy atom. The zero-order valence-corrected chi connectivity index (χ0v) is 16.8. The fraction of sp³-hybridized carbons (Fsp3) is 0.0833. The Hall–Kier alpha value is -4.26. The SMILES string of the molecule is Cc1ccc(C(=O)N/C(=C\c2cccc([N+](=O)[O-])c2)C(=O)OCc2ccccc2)cc1. The van der Waals surface area contributed by atoms with Crippen LogP contribution < -0.4 is 5.32 Å². The van der Waals surface area contributed by atoms with E-state index in [-0.39, 0.29) is 18.0 Å². The van der Waals surface area contributed by atoms with Gasteiger partial charge in [-0.3, -0.25) is 14.9 Å². The number of aryl methyl sites for hydroxylation is 1. The second-order valence-corrected chi connectivity index (χ2v) is 6.79. The first-order chi connectivity index (χ1) is 14.9. The van der Waals surface area contributed by atoms with E-state index in [4.69, 9.17) is 4.74 Å². The van der Waals surface area contributed by atoms with Crippen LogP contribution in [-0.2, 0) is 16.1 Å². The predicted octanol–water partition coefficient (Wildman–Crippen LogP) is 4.42. The standard InChI is InChI=1S/C24H20N2O5/c1-17-10-12-20(13-11-17)23(27)25-22(15-19-8-5-9-21(14-19)26(29)30)24(28)31-16-18-6-3-2-4-7-18/h2-15H,16H2,1H3,(H,25,27)/b22-15-. The van der Waals surface area contributed by atoms with Gasteiger partial charge >= 0.3 is 5.97 Å². The molecule has 0 radical (unpaired) electrons. The molecule has 0 unspecified atom stereocenters. The number of carbonyl (C=O) groups excluding carboxylic acids is 2. The molecule has 0 heterocycles. The van der Waals surface area contributed by atoms with E-state index in [1.54, 1.807) is 30.3 Å². The second kappa shape index (κ2) is 9.98. The van der Waals surface area contributed by atoms with E-state index >= 15 is 0 Å². The summed E-state index contributed by atoms with van der Waals surface area (Å²) in [4.78, 5) is 35.9. The fourth-order valence-corrected chi connectivity index (χ4v) is 2.74. The Kier molecular flexibility index (Phi) is 6.90. The molecule has 31 heavy (non-hydrogen) atoms. The predicted molar refractivity (Wildman–Crippen MR) is 116 cm³/mol. The number of nitro groups is 1. The van der Waals surface area contributed by atoms with E-state index in [1.807, 2.05) is 37.3 Å². The third-order valence-electron chi connectivity index (χ3n) is 4.39. The van der Waals surface area contributed by atoms with E-state index < -0.39 is 16.8 Å². The molecule has 3 aromatic rings. The van der Waals surface area contributed by atoms with Crippen molar-refractivity contribution in [2.24, 2.45) is 0 Å². The molecule has 0 aliphatic carbocycles. The van der Waals surface area contributed by atoms with Gasteiger partial charge in [0.15, 0.2) is 0 Å². The minimum absolute atomic E-state index is 0.0202. The summed E-state index contributed by atoms with van der Waals surface area (Å²) in [5.41, 5.74) is 2.27. The van der Waals surface area contributed by atoms with Gasteiger partial charge in [-0.15, -0.1) is 0 Å². The molecular formula is C24H20N2O5. The molecule has 0 aliphatic heterocycles. The lowest BCUT2D eigenvalue weighted by Crippen LogP contribution is -2.28. The van der Waals surface area contributed by atoms with Crippen molar-refractivity contribution in [3.8, 4) is 0 Å². The molecule has 1 amide bonds. The number of rotatable bonds is 7. The summed E-state index contributed by atoms with van der Waals surface area (Å²) in [5.74, 6) is -1.25. The monoisotopic (exact) mass is 416 g/mol. The van der Waals surface area contributed by atoms with Crippen LogP contribution in [0.4, 0.5) is 5.69 Å². The lowest BCUT2D eigenvalue weighted by Gasteiger charge is -2.11. The van der Waals surface area contributed by atoms with Crippen LogP contribution in [0.3, 0.4) is 0 Å². The molecule has 0 saturated carbocycles. The van der Waals surface area contributed by atoms with Gasteiger partial charge in [0.2, 0.25) is 0 Å². The van der Waals surface area contributed by atoms with Crippen LogP contribution in [0.2, 0.25) is 0 Å². The quantitative estimate of drug-likeness (QED) is 0.266. The van der Waals surface area contributed by atoms with E-state index in [0.29, 0.717) is 11.1 Å². The molecule has 0 fully saturated rings. The van der Waals surface area contributed by atoms with E-state index in [1.165, 1.54) is 24.3 Å². The van der Waals surface area contributed by atoms with Crippen molar-refractivity contribution in [3.05, 3.63) is 117 Å². The Labute approximate surface area is 179 Å². The minimum Gasteiger partial charge on any atom is -0.456 e. The molecule has 1 N–H and O–H groups in total.